The summed E-state index contributed by atoms with van der Waals surface area (Å²) in [7, 11) is -2.83. The number of likely N-dealkylation sites (tertiary alicyclic amines) is 1. The third-order valence-electron chi connectivity index (χ3n) is 12.8. The number of aromatic nitrogens is 1. The number of piperidine rings is 1. The molecule has 1 aliphatic heterocycles. The minimum Gasteiger partial charge on any atom is -0.407 e. The Morgan fingerprint density at radius 1 is 0.717 bits per heavy atom. The van der Waals surface area contributed by atoms with Gasteiger partial charge in [0.05, 0.1) is 12.6 Å². The molecule has 1 unspecified atom stereocenters. The summed E-state index contributed by atoms with van der Waals surface area (Å²) in [5.74, 6) is 0.381. The number of aliphatic hydroxyl groups is 1. The lowest BCUT2D eigenvalue weighted by Crippen LogP contribution is -2.67. The number of fused-ring (bicyclic) bond motifs is 6. The van der Waals surface area contributed by atoms with Crippen LogP contribution in [-0.2, 0) is 17.5 Å². The maximum absolute atomic E-state index is 11.6. The van der Waals surface area contributed by atoms with Gasteiger partial charge in [-0.05, 0) is 56.9 Å². The number of para-hydroxylation sites is 1. The average Bonchev–Trinajstić information content (AvgIpc) is 3.51. The van der Waals surface area contributed by atoms with Crippen LogP contribution in [0.15, 0.2) is 146 Å². The van der Waals surface area contributed by atoms with Crippen LogP contribution in [0.5, 0.6) is 0 Å². The maximum Gasteiger partial charge on any atom is 0.261 e. The first-order valence-electron chi connectivity index (χ1n) is 19.6. The third kappa shape index (κ3) is 6.22. The van der Waals surface area contributed by atoms with Crippen LogP contribution in [0.4, 0.5) is 0 Å². The molecular formula is C48H54N2O2Si. The fourth-order valence-electron chi connectivity index (χ4n) is 10.2. The number of aliphatic hydroxyl groups excluding tert-OH is 1. The van der Waals surface area contributed by atoms with Crippen molar-refractivity contribution >= 4 is 29.6 Å². The highest BCUT2D eigenvalue weighted by Crippen LogP contribution is 2.59. The Kier molecular flexibility index (Phi) is 9.80. The van der Waals surface area contributed by atoms with Gasteiger partial charge in [0.15, 0.2) is 0 Å². The summed E-state index contributed by atoms with van der Waals surface area (Å²) < 4.78 is 10.5. The summed E-state index contributed by atoms with van der Waals surface area (Å²) in [4.78, 5) is 2.70. The smallest absolute Gasteiger partial charge is 0.261 e. The predicted octanol–water partition coefficient (Wildman–Crippen LogP) is 9.32. The second-order valence-electron chi connectivity index (χ2n) is 16.6. The van der Waals surface area contributed by atoms with Crippen LogP contribution in [0.2, 0.25) is 5.04 Å². The van der Waals surface area contributed by atoms with Gasteiger partial charge in [0.1, 0.15) is 0 Å². The second kappa shape index (κ2) is 14.5. The molecule has 53 heavy (non-hydrogen) atoms. The lowest BCUT2D eigenvalue weighted by Gasteiger charge is -2.57. The summed E-state index contributed by atoms with van der Waals surface area (Å²) in [6.45, 7) is 12.7. The molecule has 8 rings (SSSR count). The fourth-order valence-corrected chi connectivity index (χ4v) is 14.8. The second-order valence-corrected chi connectivity index (χ2v) is 20.9. The Balaban J connectivity index is 1.34. The van der Waals surface area contributed by atoms with Gasteiger partial charge in [-0.15, -0.1) is 0 Å². The lowest BCUT2D eigenvalue weighted by atomic mass is 9.58. The summed E-state index contributed by atoms with van der Waals surface area (Å²) in [6, 6.07) is 53.3. The van der Waals surface area contributed by atoms with Crippen molar-refractivity contribution in [1.82, 2.24) is 9.47 Å². The van der Waals surface area contributed by atoms with Crippen LogP contribution in [0.1, 0.15) is 74.9 Å². The molecule has 4 nitrogen and oxygen atoms in total. The van der Waals surface area contributed by atoms with E-state index < -0.39 is 8.32 Å². The number of rotatable bonds is 11. The van der Waals surface area contributed by atoms with Crippen molar-refractivity contribution in [2.75, 3.05) is 19.8 Å². The fraction of sp³-hybridized carbons (Fsp3) is 0.333. The van der Waals surface area contributed by atoms with E-state index in [9.17, 15) is 5.11 Å². The van der Waals surface area contributed by atoms with Crippen molar-refractivity contribution in [3.05, 3.63) is 168 Å². The molecule has 2 heterocycles. The molecule has 5 aromatic carbocycles. The monoisotopic (exact) mass is 718 g/mol. The molecule has 0 radical (unpaired) electrons. The highest BCUT2D eigenvalue weighted by molar-refractivity contribution is 6.99. The normalized spacial score (nSPS) is 21.8. The van der Waals surface area contributed by atoms with Crippen molar-refractivity contribution < 1.29 is 9.53 Å². The summed E-state index contributed by atoms with van der Waals surface area (Å²) in [6.07, 6.45) is 1.91. The van der Waals surface area contributed by atoms with E-state index in [4.69, 9.17) is 4.43 Å². The Bertz CT molecular complexity index is 2080. The average molecular weight is 719 g/mol. The quantitative estimate of drug-likeness (QED) is 0.136. The molecule has 1 fully saturated rings. The van der Waals surface area contributed by atoms with E-state index in [1.807, 2.05) is 0 Å². The minimum absolute atomic E-state index is 0.121. The standard InChI is InChI=1S/C48H54N2O2Si/c1-5-48(35-51)34-49(31-36-20-10-6-11-21-36)44-30-42(48)41(45-40-28-18-19-29-43(40)50(46(44)45)32-37-22-12-7-13-23-37)33-52-53(47(2,3)4,38-24-14-8-15-25-38)39-26-16-9-17-27-39/h6-29,41-42,44,51H,5,30-35H2,1-4H3/t41-,42-,44?,48+/m1/s1. The molecule has 0 amide bonds. The van der Waals surface area contributed by atoms with Crippen molar-refractivity contribution in [3.8, 4) is 0 Å². The molecule has 4 atom stereocenters. The first-order valence-corrected chi connectivity index (χ1v) is 21.5. The predicted molar refractivity (Wildman–Crippen MR) is 221 cm³/mol. The van der Waals surface area contributed by atoms with Gasteiger partial charge in [0.25, 0.3) is 8.32 Å². The molecule has 1 aromatic heterocycles. The molecule has 5 heteroatoms. The molecule has 1 saturated heterocycles. The SMILES string of the molecule is CC[C@@]1(CO)CN(Cc2ccccc2)C2C[C@@H]1[C@@H](CO[Si](c1ccccc1)(c1ccccc1)C(C)(C)C)c1c2n(Cc2ccccc2)c2ccccc12. The van der Waals surface area contributed by atoms with Gasteiger partial charge < -0.3 is 14.1 Å². The van der Waals surface area contributed by atoms with Gasteiger partial charge in [0, 0.05) is 54.2 Å². The van der Waals surface area contributed by atoms with Crippen LogP contribution in [0, 0.1) is 11.3 Å². The van der Waals surface area contributed by atoms with Crippen molar-refractivity contribution in [1.29, 1.82) is 0 Å². The third-order valence-corrected chi connectivity index (χ3v) is 17.8. The number of nitrogens with zero attached hydrogens (tertiary/aromatic N) is 2. The van der Waals surface area contributed by atoms with Gasteiger partial charge in [-0.1, -0.05) is 167 Å². The zero-order valence-corrected chi connectivity index (χ0v) is 32.8. The summed E-state index contributed by atoms with van der Waals surface area (Å²) >= 11 is 0. The molecule has 272 valence electrons. The maximum atomic E-state index is 11.6. The molecule has 2 aliphatic rings. The zero-order chi connectivity index (χ0) is 36.6. The van der Waals surface area contributed by atoms with Gasteiger partial charge in [-0.25, -0.2) is 0 Å². The van der Waals surface area contributed by atoms with Gasteiger partial charge >= 0.3 is 0 Å². The number of benzene rings is 5. The van der Waals surface area contributed by atoms with E-state index in [0.29, 0.717) is 6.61 Å². The van der Waals surface area contributed by atoms with Crippen LogP contribution >= 0.6 is 0 Å². The first-order chi connectivity index (χ1) is 25.8. The van der Waals surface area contributed by atoms with Gasteiger partial charge in [-0.3, -0.25) is 4.90 Å². The highest BCUT2D eigenvalue weighted by atomic mass is 28.4. The topological polar surface area (TPSA) is 37.6 Å². The molecule has 1 aliphatic carbocycles. The first kappa shape index (κ1) is 35.8. The van der Waals surface area contributed by atoms with E-state index in [0.717, 1.165) is 32.5 Å². The van der Waals surface area contributed by atoms with Crippen molar-refractivity contribution in [2.45, 2.75) is 70.6 Å². The van der Waals surface area contributed by atoms with E-state index >= 15 is 0 Å². The molecule has 2 bridgehead atoms. The number of hydrogen-bond donors (Lipinski definition) is 1. The zero-order valence-electron chi connectivity index (χ0n) is 31.8. The minimum atomic E-state index is -2.83. The highest BCUT2D eigenvalue weighted by Gasteiger charge is 2.56. The van der Waals surface area contributed by atoms with Gasteiger partial charge in [-0.2, -0.15) is 0 Å². The van der Waals surface area contributed by atoms with Crippen molar-refractivity contribution in [2.24, 2.45) is 11.3 Å². The van der Waals surface area contributed by atoms with Crippen LogP contribution in [-0.4, -0.2) is 42.6 Å². The summed E-state index contributed by atoms with van der Waals surface area (Å²) in [5.41, 5.74) is 6.52. The van der Waals surface area contributed by atoms with E-state index in [-0.39, 0.29) is 34.9 Å². The lowest BCUT2D eigenvalue weighted by molar-refractivity contribution is -0.0781. The van der Waals surface area contributed by atoms with E-state index in [1.54, 1.807) is 0 Å². The molecule has 0 saturated carbocycles. The van der Waals surface area contributed by atoms with Crippen LogP contribution in [0.25, 0.3) is 10.9 Å². The van der Waals surface area contributed by atoms with Crippen molar-refractivity contribution in [3.63, 3.8) is 0 Å². The van der Waals surface area contributed by atoms with Crippen LogP contribution < -0.4 is 10.4 Å². The Morgan fingerprint density at radius 2 is 1.25 bits per heavy atom. The molecule has 0 spiro atoms. The van der Waals surface area contributed by atoms with E-state index in [1.165, 1.54) is 43.7 Å². The van der Waals surface area contributed by atoms with Crippen LogP contribution in [0.3, 0.4) is 0 Å². The molecule has 1 N–H and O–H groups in total. The molecular weight excluding hydrogens is 665 g/mol. The Hall–Kier alpha value is -4.26. The van der Waals surface area contributed by atoms with E-state index in [2.05, 4.69) is 183 Å². The number of hydrogen-bond acceptors (Lipinski definition) is 3. The Morgan fingerprint density at radius 3 is 1.79 bits per heavy atom. The summed E-state index contributed by atoms with van der Waals surface area (Å²) in [5, 5.41) is 15.4. The largest absolute Gasteiger partial charge is 0.407 e. The molecule has 6 aromatic rings. The van der Waals surface area contributed by atoms with Gasteiger partial charge in [0.2, 0.25) is 0 Å². The Labute approximate surface area is 317 Å².